The Labute approximate surface area is 161 Å². The summed E-state index contributed by atoms with van der Waals surface area (Å²) in [7, 11) is -3.55. The van der Waals surface area contributed by atoms with Crippen LogP contribution >= 0.6 is 11.8 Å². The first kappa shape index (κ1) is 18.7. The third-order valence-corrected chi connectivity index (χ3v) is 7.76. The molecule has 0 atom stereocenters. The summed E-state index contributed by atoms with van der Waals surface area (Å²) in [6, 6.07) is 1.71. The maximum atomic E-state index is 12.5. The van der Waals surface area contributed by atoms with E-state index in [1.807, 2.05) is 11.8 Å². The molecule has 2 aromatic heterocycles. The van der Waals surface area contributed by atoms with Crippen LogP contribution in [0.1, 0.15) is 11.3 Å². The lowest BCUT2D eigenvalue weighted by Gasteiger charge is -2.33. The number of nitrogens with zero attached hydrogens (tertiary/aromatic N) is 5. The molecule has 1 saturated heterocycles. The van der Waals surface area contributed by atoms with Crippen molar-refractivity contribution in [2.24, 2.45) is 0 Å². The van der Waals surface area contributed by atoms with Gasteiger partial charge < -0.3 is 4.52 Å². The highest BCUT2D eigenvalue weighted by molar-refractivity contribution is 7.98. The summed E-state index contributed by atoms with van der Waals surface area (Å²) >= 11 is 1.83. The molecule has 0 amide bonds. The molecule has 0 saturated carbocycles. The van der Waals surface area contributed by atoms with Gasteiger partial charge in [0.15, 0.2) is 0 Å². The monoisotopic (exact) mass is 411 g/mol. The van der Waals surface area contributed by atoms with Crippen molar-refractivity contribution < 1.29 is 12.9 Å². The summed E-state index contributed by atoms with van der Waals surface area (Å²) in [6.07, 6.45) is 3.27. The molecule has 0 aromatic carbocycles. The van der Waals surface area contributed by atoms with Crippen LogP contribution in [-0.4, -0.2) is 71.0 Å². The lowest BCUT2D eigenvalue weighted by Crippen LogP contribution is -2.49. The van der Waals surface area contributed by atoms with Crippen LogP contribution in [-0.2, 0) is 28.7 Å². The molecule has 1 fully saturated rings. The van der Waals surface area contributed by atoms with Gasteiger partial charge in [-0.3, -0.25) is 9.69 Å². The van der Waals surface area contributed by atoms with E-state index in [0.717, 1.165) is 35.4 Å². The van der Waals surface area contributed by atoms with Gasteiger partial charge in [0.2, 0.25) is 10.0 Å². The second-order valence-corrected chi connectivity index (χ2v) is 9.63. The molecule has 9 nitrogen and oxygen atoms in total. The quantitative estimate of drug-likeness (QED) is 0.679. The summed E-state index contributed by atoms with van der Waals surface area (Å²) in [4.78, 5) is 14.5. The van der Waals surface area contributed by atoms with Gasteiger partial charge in [0.25, 0.3) is 5.56 Å². The van der Waals surface area contributed by atoms with Gasteiger partial charge in [-0.05, 0) is 11.3 Å². The van der Waals surface area contributed by atoms with E-state index >= 15 is 0 Å². The van der Waals surface area contributed by atoms with Gasteiger partial charge in [-0.25, -0.2) is 13.1 Å². The Morgan fingerprint density at radius 2 is 2.00 bits per heavy atom. The molecule has 4 rings (SSSR count). The molecule has 4 heterocycles. The molecule has 0 aliphatic carbocycles. The molecule has 0 radical (unpaired) electrons. The molecule has 0 unspecified atom stereocenters. The van der Waals surface area contributed by atoms with Gasteiger partial charge in [-0.1, -0.05) is 5.16 Å². The number of fused-ring (bicyclic) bond motifs is 1. The first-order valence-electron chi connectivity index (χ1n) is 8.83. The zero-order valence-corrected chi connectivity index (χ0v) is 16.4. The van der Waals surface area contributed by atoms with Crippen molar-refractivity contribution in [2.75, 3.05) is 38.5 Å². The Morgan fingerprint density at radius 1 is 1.19 bits per heavy atom. The van der Waals surface area contributed by atoms with E-state index in [1.165, 1.54) is 15.2 Å². The Morgan fingerprint density at radius 3 is 2.74 bits per heavy atom. The highest BCUT2D eigenvalue weighted by atomic mass is 32.2. The lowest BCUT2D eigenvalue weighted by molar-refractivity contribution is 0.180. The zero-order chi connectivity index (χ0) is 18.9. The maximum absolute atomic E-state index is 12.5. The molecule has 11 heteroatoms. The summed E-state index contributed by atoms with van der Waals surface area (Å²) in [5, 5.41) is 7.99. The van der Waals surface area contributed by atoms with Crippen LogP contribution in [0.4, 0.5) is 0 Å². The molecule has 0 N–H and O–H groups in total. The lowest BCUT2D eigenvalue weighted by atomic mass is 10.2. The number of piperazine rings is 1. The van der Waals surface area contributed by atoms with E-state index < -0.39 is 10.0 Å². The predicted octanol–water partition coefficient (Wildman–Crippen LogP) is 0.0271. The second-order valence-electron chi connectivity index (χ2n) is 6.59. The topological polar surface area (TPSA) is 102 Å². The van der Waals surface area contributed by atoms with Crippen molar-refractivity contribution in [1.82, 2.24) is 24.1 Å². The first-order valence-corrected chi connectivity index (χ1v) is 11.4. The number of hydrogen-bond acceptors (Lipinski definition) is 8. The fourth-order valence-corrected chi connectivity index (χ4v) is 5.55. The van der Waals surface area contributed by atoms with Crippen LogP contribution in [0.15, 0.2) is 32.7 Å². The smallest absolute Gasteiger partial charge is 0.267 e. The third kappa shape index (κ3) is 3.96. The third-order valence-electron chi connectivity index (χ3n) is 4.91. The largest absolute Gasteiger partial charge is 0.363 e. The summed E-state index contributed by atoms with van der Waals surface area (Å²) in [6.45, 7) is 3.20. The van der Waals surface area contributed by atoms with Gasteiger partial charge in [-0.15, -0.1) is 0 Å². The molecular weight excluding hydrogens is 390 g/mol. The van der Waals surface area contributed by atoms with Crippen LogP contribution in [0.2, 0.25) is 0 Å². The van der Waals surface area contributed by atoms with Crippen LogP contribution in [0.3, 0.4) is 0 Å². The van der Waals surface area contributed by atoms with E-state index in [2.05, 4.69) is 19.7 Å². The SMILES string of the molecule is O=c1cc2c(nn1CCN1CCN(S(=O)(=O)c3cnoc3)CC1)CCSC2. The van der Waals surface area contributed by atoms with Crippen LogP contribution in [0.5, 0.6) is 0 Å². The van der Waals surface area contributed by atoms with Crippen LogP contribution in [0.25, 0.3) is 0 Å². The highest BCUT2D eigenvalue weighted by Crippen LogP contribution is 2.21. The van der Waals surface area contributed by atoms with E-state index in [9.17, 15) is 13.2 Å². The number of aromatic nitrogens is 3. The average Bonchev–Trinajstić information content (AvgIpc) is 3.22. The molecule has 2 aliphatic heterocycles. The summed E-state index contributed by atoms with van der Waals surface area (Å²) in [5.41, 5.74) is 2.02. The fraction of sp³-hybridized carbons (Fsp3) is 0.562. The van der Waals surface area contributed by atoms with Crippen molar-refractivity contribution in [3.05, 3.63) is 40.1 Å². The summed E-state index contributed by atoms with van der Waals surface area (Å²) < 4.78 is 32.6. The number of aryl methyl sites for hydroxylation is 1. The molecule has 2 aromatic rings. The van der Waals surface area contributed by atoms with Crippen molar-refractivity contribution in [3.8, 4) is 0 Å². The first-order chi connectivity index (χ1) is 13.0. The minimum absolute atomic E-state index is 0.0649. The normalized spacial score (nSPS) is 19.1. The van der Waals surface area contributed by atoms with Gasteiger partial charge in [0.05, 0.1) is 18.4 Å². The standard InChI is InChI=1S/C16H21N5O4S2/c22-16-9-13-12-26-8-1-15(13)18-21(16)7-4-19-2-5-20(6-3-19)27(23,24)14-10-17-25-11-14/h9-11H,1-8,12H2. The molecule has 27 heavy (non-hydrogen) atoms. The average molecular weight is 412 g/mol. The number of sulfonamides is 1. The fourth-order valence-electron chi connectivity index (χ4n) is 3.31. The van der Waals surface area contributed by atoms with Gasteiger partial charge >= 0.3 is 0 Å². The Hall–Kier alpha value is -1.69. The number of hydrogen-bond donors (Lipinski definition) is 0. The number of rotatable bonds is 5. The highest BCUT2D eigenvalue weighted by Gasteiger charge is 2.29. The van der Waals surface area contributed by atoms with Crippen molar-refractivity contribution in [3.63, 3.8) is 0 Å². The minimum atomic E-state index is -3.55. The molecule has 0 bridgehead atoms. The molecular formula is C16H21N5O4S2. The van der Waals surface area contributed by atoms with E-state index in [1.54, 1.807) is 6.07 Å². The Bertz CT molecular complexity index is 950. The number of thioether (sulfide) groups is 1. The van der Waals surface area contributed by atoms with Gasteiger partial charge in [0.1, 0.15) is 11.2 Å². The van der Waals surface area contributed by atoms with Crippen LogP contribution in [0, 0.1) is 0 Å². The van der Waals surface area contributed by atoms with E-state index in [-0.39, 0.29) is 10.5 Å². The van der Waals surface area contributed by atoms with Crippen molar-refractivity contribution >= 4 is 21.8 Å². The molecule has 146 valence electrons. The molecule has 0 spiro atoms. The Balaban J connectivity index is 1.34. The Kier molecular flexibility index (Phi) is 5.35. The minimum Gasteiger partial charge on any atom is -0.363 e. The van der Waals surface area contributed by atoms with E-state index in [4.69, 9.17) is 0 Å². The zero-order valence-electron chi connectivity index (χ0n) is 14.8. The van der Waals surface area contributed by atoms with Gasteiger partial charge in [0, 0.05) is 51.0 Å². The van der Waals surface area contributed by atoms with Crippen LogP contribution < -0.4 is 5.56 Å². The molecule has 2 aliphatic rings. The van der Waals surface area contributed by atoms with Crippen molar-refractivity contribution in [1.29, 1.82) is 0 Å². The van der Waals surface area contributed by atoms with Gasteiger partial charge in [-0.2, -0.15) is 21.2 Å². The van der Waals surface area contributed by atoms with E-state index in [0.29, 0.717) is 39.3 Å². The van der Waals surface area contributed by atoms with Crippen molar-refractivity contribution in [2.45, 2.75) is 23.6 Å². The second kappa shape index (κ2) is 7.74. The predicted molar refractivity (Wildman–Crippen MR) is 100 cm³/mol. The summed E-state index contributed by atoms with van der Waals surface area (Å²) in [5.74, 6) is 1.90. The maximum Gasteiger partial charge on any atom is 0.267 e.